The molecule has 3 nitrogen and oxygen atoms in total. The van der Waals surface area contributed by atoms with Gasteiger partial charge in [0, 0.05) is 18.2 Å². The van der Waals surface area contributed by atoms with E-state index < -0.39 is 0 Å². The van der Waals surface area contributed by atoms with E-state index in [1.165, 1.54) is 11.1 Å². The molecule has 0 amide bonds. The van der Waals surface area contributed by atoms with Crippen LogP contribution in [0.1, 0.15) is 42.3 Å². The van der Waals surface area contributed by atoms with E-state index in [-0.39, 0.29) is 11.8 Å². The molecule has 2 unspecified atom stereocenters. The summed E-state index contributed by atoms with van der Waals surface area (Å²) in [6.07, 6.45) is 0. The first-order valence-corrected chi connectivity index (χ1v) is 7.79. The lowest BCUT2D eigenvalue weighted by Crippen LogP contribution is -2.48. The Morgan fingerprint density at radius 3 is 2.24 bits per heavy atom. The summed E-state index contributed by atoms with van der Waals surface area (Å²) in [5.41, 5.74) is 3.23. The Morgan fingerprint density at radius 2 is 1.76 bits per heavy atom. The average Bonchev–Trinajstić information content (AvgIpc) is 2.40. The molecule has 0 bridgehead atoms. The van der Waals surface area contributed by atoms with Gasteiger partial charge in [-0.25, -0.2) is 0 Å². The van der Waals surface area contributed by atoms with Gasteiger partial charge in [0.25, 0.3) is 0 Å². The lowest BCUT2D eigenvalue weighted by molar-refractivity contribution is 0.0756. The minimum atomic E-state index is -0.0907. The van der Waals surface area contributed by atoms with Gasteiger partial charge < -0.3 is 4.90 Å². The van der Waals surface area contributed by atoms with Crippen molar-refractivity contribution >= 4 is 5.78 Å². The molecule has 0 aromatic heterocycles. The van der Waals surface area contributed by atoms with Crippen LogP contribution in [0, 0.1) is 13.8 Å². The Balaban J connectivity index is 2.90. The molecule has 1 rings (SSSR count). The van der Waals surface area contributed by atoms with Crippen LogP contribution in [0.5, 0.6) is 0 Å². The van der Waals surface area contributed by atoms with Crippen molar-refractivity contribution in [3.63, 3.8) is 0 Å². The van der Waals surface area contributed by atoms with Gasteiger partial charge in [0.15, 0.2) is 5.78 Å². The summed E-state index contributed by atoms with van der Waals surface area (Å²) < 4.78 is 0. The molecule has 0 saturated heterocycles. The van der Waals surface area contributed by atoms with Crippen LogP contribution in [0.25, 0.3) is 0 Å². The largest absolute Gasteiger partial charge is 0.308 e. The number of ketones is 1. The van der Waals surface area contributed by atoms with Gasteiger partial charge in [0.1, 0.15) is 0 Å². The Morgan fingerprint density at radius 1 is 1.14 bits per heavy atom. The molecule has 118 valence electrons. The fraction of sp³-hybridized carbons (Fsp3) is 0.611. The van der Waals surface area contributed by atoms with E-state index in [1.807, 2.05) is 25.1 Å². The Labute approximate surface area is 129 Å². The molecule has 2 atom stereocenters. The zero-order valence-corrected chi connectivity index (χ0v) is 14.6. The topological polar surface area (TPSA) is 23.6 Å². The van der Waals surface area contributed by atoms with Crippen molar-refractivity contribution in [1.82, 2.24) is 9.80 Å². The van der Waals surface area contributed by atoms with Crippen molar-refractivity contribution in [3.05, 3.63) is 34.9 Å². The standard InChI is InChI=1S/C18H30N2O/c1-8-20(15(4)12-19(6)7)16(5)18(21)17-10-9-13(2)14(3)11-17/h9-11,15-16H,8,12H2,1-7H3. The second-order valence-electron chi connectivity index (χ2n) is 6.28. The number of rotatable bonds is 7. The number of nitrogens with zero attached hydrogens (tertiary/aromatic N) is 2. The normalized spacial score (nSPS) is 14.5. The monoisotopic (exact) mass is 290 g/mol. The first-order chi connectivity index (χ1) is 9.77. The van der Waals surface area contributed by atoms with Gasteiger partial charge in [-0.1, -0.05) is 19.1 Å². The summed E-state index contributed by atoms with van der Waals surface area (Å²) in [5.74, 6) is 0.213. The molecule has 1 aromatic rings. The molecule has 3 heteroatoms. The SMILES string of the molecule is CCN(C(C)CN(C)C)C(C)C(=O)c1ccc(C)c(C)c1. The molecule has 0 radical (unpaired) electrons. The number of Topliss-reactive ketones (excluding diaryl/α,β-unsaturated/α-hetero) is 1. The minimum absolute atomic E-state index is 0.0907. The van der Waals surface area contributed by atoms with E-state index >= 15 is 0 Å². The maximum atomic E-state index is 12.7. The van der Waals surface area contributed by atoms with Gasteiger partial charge in [-0.05, 0) is 65.5 Å². The number of carbonyl (C=O) groups excluding carboxylic acids is 1. The van der Waals surface area contributed by atoms with E-state index in [0.717, 1.165) is 18.7 Å². The highest BCUT2D eigenvalue weighted by Gasteiger charge is 2.25. The Bertz CT molecular complexity index is 482. The molecule has 0 aliphatic heterocycles. The van der Waals surface area contributed by atoms with Gasteiger partial charge in [-0.3, -0.25) is 9.69 Å². The fourth-order valence-electron chi connectivity index (χ4n) is 2.89. The van der Waals surface area contributed by atoms with Crippen LogP contribution in [0.15, 0.2) is 18.2 Å². The van der Waals surface area contributed by atoms with E-state index in [9.17, 15) is 4.79 Å². The van der Waals surface area contributed by atoms with E-state index in [2.05, 4.69) is 51.6 Å². The number of likely N-dealkylation sites (N-methyl/N-ethyl adjacent to an activating group) is 2. The zero-order chi connectivity index (χ0) is 16.2. The number of carbonyl (C=O) groups is 1. The maximum Gasteiger partial charge on any atom is 0.179 e. The predicted octanol–water partition coefficient (Wildman–Crippen LogP) is 3.15. The van der Waals surface area contributed by atoms with Crippen molar-refractivity contribution in [3.8, 4) is 0 Å². The summed E-state index contributed by atoms with van der Waals surface area (Å²) in [6, 6.07) is 6.27. The van der Waals surface area contributed by atoms with Crippen LogP contribution < -0.4 is 0 Å². The van der Waals surface area contributed by atoms with Crippen LogP contribution in [-0.4, -0.2) is 54.9 Å². The van der Waals surface area contributed by atoms with E-state index in [0.29, 0.717) is 6.04 Å². The van der Waals surface area contributed by atoms with Crippen LogP contribution in [0.3, 0.4) is 0 Å². The van der Waals surface area contributed by atoms with Crippen LogP contribution >= 0.6 is 0 Å². The molecule has 0 N–H and O–H groups in total. The maximum absolute atomic E-state index is 12.7. The third kappa shape index (κ3) is 4.65. The van der Waals surface area contributed by atoms with Crippen molar-refractivity contribution in [2.24, 2.45) is 0 Å². The molecule has 21 heavy (non-hydrogen) atoms. The second-order valence-corrected chi connectivity index (χ2v) is 6.28. The first kappa shape index (κ1) is 17.9. The summed E-state index contributed by atoms with van der Waals surface area (Å²) in [5, 5.41) is 0. The van der Waals surface area contributed by atoms with Crippen LogP contribution in [-0.2, 0) is 0 Å². The predicted molar refractivity (Wildman–Crippen MR) is 90.1 cm³/mol. The molecular weight excluding hydrogens is 260 g/mol. The second kappa shape index (κ2) is 7.71. The lowest BCUT2D eigenvalue weighted by atomic mass is 9.99. The highest BCUT2D eigenvalue weighted by Crippen LogP contribution is 2.16. The zero-order valence-electron chi connectivity index (χ0n) is 14.6. The molecule has 0 aliphatic carbocycles. The summed E-state index contributed by atoms with van der Waals surface area (Å²) in [4.78, 5) is 17.2. The highest BCUT2D eigenvalue weighted by atomic mass is 16.1. The van der Waals surface area contributed by atoms with Gasteiger partial charge in [0.2, 0.25) is 0 Å². The summed E-state index contributed by atoms with van der Waals surface area (Å²) in [7, 11) is 4.14. The van der Waals surface area contributed by atoms with E-state index in [4.69, 9.17) is 0 Å². The third-order valence-corrected chi connectivity index (χ3v) is 4.23. The molecule has 1 aromatic carbocycles. The van der Waals surface area contributed by atoms with Crippen molar-refractivity contribution < 1.29 is 4.79 Å². The fourth-order valence-corrected chi connectivity index (χ4v) is 2.89. The summed E-state index contributed by atoms with van der Waals surface area (Å²) in [6.45, 7) is 12.3. The van der Waals surface area contributed by atoms with Crippen molar-refractivity contribution in [2.45, 2.75) is 46.7 Å². The highest BCUT2D eigenvalue weighted by molar-refractivity contribution is 6.00. The molecule has 0 fully saturated rings. The Kier molecular flexibility index (Phi) is 6.56. The van der Waals surface area contributed by atoms with Crippen LogP contribution in [0.2, 0.25) is 0 Å². The Hall–Kier alpha value is -1.19. The van der Waals surface area contributed by atoms with Gasteiger partial charge in [-0.15, -0.1) is 0 Å². The first-order valence-electron chi connectivity index (χ1n) is 7.79. The van der Waals surface area contributed by atoms with Crippen LogP contribution in [0.4, 0.5) is 0 Å². The van der Waals surface area contributed by atoms with E-state index in [1.54, 1.807) is 0 Å². The molecule has 0 spiro atoms. The van der Waals surface area contributed by atoms with Gasteiger partial charge in [0.05, 0.1) is 6.04 Å². The molecular formula is C18H30N2O. The quantitative estimate of drug-likeness (QED) is 0.721. The third-order valence-electron chi connectivity index (χ3n) is 4.23. The molecule has 0 heterocycles. The van der Waals surface area contributed by atoms with Crippen molar-refractivity contribution in [2.75, 3.05) is 27.2 Å². The summed E-state index contributed by atoms with van der Waals surface area (Å²) >= 11 is 0. The number of hydrogen-bond acceptors (Lipinski definition) is 3. The minimum Gasteiger partial charge on any atom is -0.308 e. The average molecular weight is 290 g/mol. The molecule has 0 saturated carbocycles. The number of hydrogen-bond donors (Lipinski definition) is 0. The smallest absolute Gasteiger partial charge is 0.179 e. The lowest BCUT2D eigenvalue weighted by Gasteiger charge is -2.34. The molecule has 0 aliphatic rings. The van der Waals surface area contributed by atoms with Gasteiger partial charge in [-0.2, -0.15) is 0 Å². The van der Waals surface area contributed by atoms with Crippen molar-refractivity contribution in [1.29, 1.82) is 0 Å². The van der Waals surface area contributed by atoms with Gasteiger partial charge >= 0.3 is 0 Å². The number of benzene rings is 1. The number of aryl methyl sites for hydroxylation is 2.